The average molecular weight is 316 g/mol. The van der Waals surface area contributed by atoms with Crippen LogP contribution in [0.15, 0.2) is 12.1 Å². The minimum atomic E-state index is -0.424. The van der Waals surface area contributed by atoms with Crippen molar-refractivity contribution in [2.75, 3.05) is 20.8 Å². The topological polar surface area (TPSA) is 66.0 Å². The van der Waals surface area contributed by atoms with Gasteiger partial charge >= 0.3 is 0 Å². The molecule has 1 aliphatic heterocycles. The number of nitrogens with one attached hydrogen (secondary N) is 1. The van der Waals surface area contributed by atoms with Crippen molar-refractivity contribution in [2.24, 2.45) is 0 Å². The van der Waals surface area contributed by atoms with Crippen LogP contribution in [-0.2, 0) is 9.57 Å². The summed E-state index contributed by atoms with van der Waals surface area (Å²) >= 11 is 6.06. The normalized spacial score (nSPS) is 18.1. The molecule has 1 heterocycles. The first kappa shape index (κ1) is 15.9. The van der Waals surface area contributed by atoms with Crippen LogP contribution in [0.5, 0.6) is 11.5 Å². The minimum Gasteiger partial charge on any atom is -0.493 e. The monoisotopic (exact) mass is 315 g/mol. The van der Waals surface area contributed by atoms with Crippen molar-refractivity contribution in [1.82, 2.24) is 5.48 Å². The third-order valence-electron chi connectivity index (χ3n) is 3.12. The number of ether oxygens (including phenoxy) is 3. The molecule has 1 aromatic carbocycles. The van der Waals surface area contributed by atoms with E-state index in [-0.39, 0.29) is 5.02 Å². The standard InChI is InChI=1S/C14H18ClNO5/c1-18-11-8-9(7-10(15)13(11)19-2)14(17)16-21-12-5-3-4-6-20-12/h7-8,12H,3-6H2,1-2H3,(H,16,17)/t12-/m0/s1. The lowest BCUT2D eigenvalue weighted by Crippen LogP contribution is -2.33. The molecule has 6 nitrogen and oxygen atoms in total. The van der Waals surface area contributed by atoms with Crippen LogP contribution in [0.1, 0.15) is 29.6 Å². The van der Waals surface area contributed by atoms with Crippen LogP contribution < -0.4 is 15.0 Å². The van der Waals surface area contributed by atoms with Crippen LogP contribution in [0, 0.1) is 0 Å². The highest BCUT2D eigenvalue weighted by Crippen LogP contribution is 2.35. The summed E-state index contributed by atoms with van der Waals surface area (Å²) in [6.07, 6.45) is 2.38. The number of hydrogen-bond donors (Lipinski definition) is 1. The molecule has 116 valence electrons. The molecule has 21 heavy (non-hydrogen) atoms. The van der Waals surface area contributed by atoms with E-state index in [2.05, 4.69) is 5.48 Å². The summed E-state index contributed by atoms with van der Waals surface area (Å²) in [5.74, 6) is 0.336. The van der Waals surface area contributed by atoms with E-state index in [1.807, 2.05) is 0 Å². The molecule has 2 rings (SSSR count). The number of carbonyl (C=O) groups excluding carboxylic acids is 1. The first-order valence-electron chi connectivity index (χ1n) is 6.65. The van der Waals surface area contributed by atoms with Gasteiger partial charge in [-0.3, -0.25) is 4.79 Å². The highest BCUT2D eigenvalue weighted by atomic mass is 35.5. The fourth-order valence-corrected chi connectivity index (χ4v) is 2.32. The summed E-state index contributed by atoms with van der Waals surface area (Å²) in [6.45, 7) is 0.642. The van der Waals surface area contributed by atoms with Gasteiger partial charge in [0, 0.05) is 18.6 Å². The lowest BCUT2D eigenvalue weighted by molar-refractivity contribution is -0.186. The maximum Gasteiger partial charge on any atom is 0.275 e. The molecule has 1 fully saturated rings. The van der Waals surface area contributed by atoms with E-state index in [1.165, 1.54) is 26.4 Å². The Morgan fingerprint density at radius 3 is 2.76 bits per heavy atom. The number of hydrogen-bond acceptors (Lipinski definition) is 5. The molecule has 1 aliphatic rings. The summed E-state index contributed by atoms with van der Waals surface area (Å²) in [7, 11) is 2.95. The van der Waals surface area contributed by atoms with Crippen molar-refractivity contribution in [3.8, 4) is 11.5 Å². The zero-order valence-corrected chi connectivity index (χ0v) is 12.7. The number of methoxy groups -OCH3 is 2. The van der Waals surface area contributed by atoms with Crippen LogP contribution in [0.25, 0.3) is 0 Å². The smallest absolute Gasteiger partial charge is 0.275 e. The molecular formula is C14H18ClNO5. The number of carbonyl (C=O) groups is 1. The number of halogens is 1. The Hall–Kier alpha value is -1.50. The van der Waals surface area contributed by atoms with Gasteiger partial charge in [0.25, 0.3) is 5.91 Å². The summed E-state index contributed by atoms with van der Waals surface area (Å²) < 4.78 is 15.6. The molecule has 1 atom stereocenters. The predicted molar refractivity (Wildman–Crippen MR) is 76.7 cm³/mol. The Balaban J connectivity index is 2.03. The quantitative estimate of drug-likeness (QED) is 0.846. The van der Waals surface area contributed by atoms with Crippen molar-refractivity contribution >= 4 is 17.5 Å². The highest BCUT2D eigenvalue weighted by molar-refractivity contribution is 6.32. The summed E-state index contributed by atoms with van der Waals surface area (Å²) in [6, 6.07) is 3.02. The van der Waals surface area contributed by atoms with Gasteiger partial charge in [-0.15, -0.1) is 0 Å². The summed E-state index contributed by atoms with van der Waals surface area (Å²) in [5, 5.41) is 0.288. The van der Waals surface area contributed by atoms with Crippen molar-refractivity contribution in [1.29, 1.82) is 0 Å². The first-order chi connectivity index (χ1) is 10.2. The number of amides is 1. The summed E-state index contributed by atoms with van der Waals surface area (Å²) in [5.41, 5.74) is 2.68. The van der Waals surface area contributed by atoms with Gasteiger partial charge in [0.15, 0.2) is 17.8 Å². The van der Waals surface area contributed by atoms with Crippen molar-refractivity contribution < 1.29 is 23.8 Å². The van der Waals surface area contributed by atoms with E-state index in [9.17, 15) is 4.79 Å². The Bertz CT molecular complexity index is 502. The maximum atomic E-state index is 12.1. The summed E-state index contributed by atoms with van der Waals surface area (Å²) in [4.78, 5) is 17.3. The van der Waals surface area contributed by atoms with Crippen LogP contribution in [0.2, 0.25) is 5.02 Å². The van der Waals surface area contributed by atoms with Gasteiger partial charge < -0.3 is 14.2 Å². The highest BCUT2D eigenvalue weighted by Gasteiger charge is 2.18. The van der Waals surface area contributed by atoms with Gasteiger partial charge in [-0.05, 0) is 25.0 Å². The minimum absolute atomic E-state index is 0.288. The molecular weight excluding hydrogens is 298 g/mol. The molecule has 1 N–H and O–H groups in total. The third kappa shape index (κ3) is 4.00. The van der Waals surface area contributed by atoms with Crippen molar-refractivity contribution in [2.45, 2.75) is 25.6 Å². The van der Waals surface area contributed by atoms with Gasteiger partial charge in [-0.1, -0.05) is 11.6 Å². The maximum absolute atomic E-state index is 12.1. The fourth-order valence-electron chi connectivity index (χ4n) is 2.03. The molecule has 1 aromatic rings. The fraction of sp³-hybridized carbons (Fsp3) is 0.500. The molecule has 0 aliphatic carbocycles. The van der Waals surface area contributed by atoms with Crippen molar-refractivity contribution in [3.05, 3.63) is 22.7 Å². The average Bonchev–Trinajstić information content (AvgIpc) is 2.52. The molecule has 0 spiro atoms. The van der Waals surface area contributed by atoms with Crippen molar-refractivity contribution in [3.63, 3.8) is 0 Å². The molecule has 0 aromatic heterocycles. The third-order valence-corrected chi connectivity index (χ3v) is 3.40. The lowest BCUT2D eigenvalue weighted by atomic mass is 10.2. The number of rotatable bonds is 5. The number of hydroxylamine groups is 1. The number of benzene rings is 1. The predicted octanol–water partition coefficient (Wildman–Crippen LogP) is 2.55. The van der Waals surface area contributed by atoms with Crippen LogP contribution in [0.3, 0.4) is 0 Å². The second-order valence-electron chi connectivity index (χ2n) is 4.54. The second-order valence-corrected chi connectivity index (χ2v) is 4.95. The van der Waals surface area contributed by atoms with Gasteiger partial charge in [0.1, 0.15) is 0 Å². The molecule has 0 bridgehead atoms. The van der Waals surface area contributed by atoms with Crippen LogP contribution in [-0.4, -0.2) is 33.0 Å². The molecule has 1 saturated heterocycles. The SMILES string of the molecule is COc1cc(C(=O)NO[C@H]2CCCCO2)cc(Cl)c1OC. The van der Waals surface area contributed by atoms with E-state index in [4.69, 9.17) is 30.6 Å². The van der Waals surface area contributed by atoms with E-state index in [0.717, 1.165) is 19.3 Å². The van der Waals surface area contributed by atoms with Gasteiger partial charge in [-0.2, -0.15) is 0 Å². The molecule has 0 radical (unpaired) electrons. The first-order valence-corrected chi connectivity index (χ1v) is 7.02. The molecule has 0 unspecified atom stereocenters. The zero-order chi connectivity index (χ0) is 15.2. The molecule has 0 saturated carbocycles. The van der Waals surface area contributed by atoms with E-state index < -0.39 is 12.2 Å². The Morgan fingerprint density at radius 1 is 1.33 bits per heavy atom. The van der Waals surface area contributed by atoms with Gasteiger partial charge in [0.2, 0.25) is 0 Å². The Kier molecular flexibility index (Phi) is 5.67. The largest absolute Gasteiger partial charge is 0.493 e. The lowest BCUT2D eigenvalue weighted by Gasteiger charge is -2.22. The Morgan fingerprint density at radius 2 is 2.14 bits per heavy atom. The van der Waals surface area contributed by atoms with Crippen LogP contribution in [0.4, 0.5) is 0 Å². The van der Waals surface area contributed by atoms with Gasteiger partial charge in [0.05, 0.1) is 19.2 Å². The van der Waals surface area contributed by atoms with E-state index in [0.29, 0.717) is 23.7 Å². The van der Waals surface area contributed by atoms with Gasteiger partial charge in [-0.25, -0.2) is 10.3 Å². The molecule has 7 heteroatoms. The van der Waals surface area contributed by atoms with E-state index >= 15 is 0 Å². The zero-order valence-electron chi connectivity index (χ0n) is 12.0. The molecule has 1 amide bonds. The second kappa shape index (κ2) is 7.49. The van der Waals surface area contributed by atoms with E-state index in [1.54, 1.807) is 0 Å². The van der Waals surface area contributed by atoms with Crippen LogP contribution >= 0.6 is 11.6 Å². The Labute approximate surface area is 128 Å².